The molecule has 0 saturated carbocycles. The molecule has 0 aliphatic heterocycles. The fourth-order valence-corrected chi connectivity index (χ4v) is 3.53. The molecule has 0 rings (SSSR count). The molecule has 0 unspecified atom stereocenters. The molecule has 4 heteroatoms. The van der Waals surface area contributed by atoms with E-state index in [1.54, 1.807) is 0 Å². The van der Waals surface area contributed by atoms with Crippen LogP contribution in [0.3, 0.4) is 0 Å². The van der Waals surface area contributed by atoms with Crippen LogP contribution in [0.15, 0.2) is 0 Å². The Balaban J connectivity index is 0. The Morgan fingerprint density at radius 3 is 1.16 bits per heavy atom. The van der Waals surface area contributed by atoms with Gasteiger partial charge in [-0.2, -0.15) is 0 Å². The van der Waals surface area contributed by atoms with E-state index in [4.69, 9.17) is 24.8 Å². The Kier molecular flexibility index (Phi) is 25.6. The second kappa shape index (κ2) is 22.8. The van der Waals surface area contributed by atoms with E-state index in [-0.39, 0.29) is 21.1 Å². The molecular weight excluding hydrogens is 426 g/mol. The molecule has 0 N–H and O–H groups in total. The average Bonchev–Trinajstić information content (AvgIpc) is 2.57. The van der Waals surface area contributed by atoms with Gasteiger partial charge in [-0.1, -0.05) is 108 Å². The summed E-state index contributed by atoms with van der Waals surface area (Å²) < 4.78 is 0.681. The molecular formula is C21H42MoNS2-. The molecule has 150 valence electrons. The first-order chi connectivity index (χ1) is 11.7. The van der Waals surface area contributed by atoms with Crippen molar-refractivity contribution in [1.82, 2.24) is 4.90 Å². The molecule has 0 fully saturated rings. The van der Waals surface area contributed by atoms with Crippen molar-refractivity contribution in [1.29, 1.82) is 0 Å². The molecule has 0 aromatic rings. The maximum atomic E-state index is 5.25. The molecule has 0 atom stereocenters. The van der Waals surface area contributed by atoms with Crippen molar-refractivity contribution in [3.05, 3.63) is 0 Å². The van der Waals surface area contributed by atoms with Crippen molar-refractivity contribution >= 4 is 29.2 Å². The normalized spacial score (nSPS) is 10.5. The molecule has 0 amide bonds. The minimum atomic E-state index is 0. The van der Waals surface area contributed by atoms with Crippen LogP contribution in [0.5, 0.6) is 0 Å². The molecule has 0 aliphatic rings. The summed E-state index contributed by atoms with van der Waals surface area (Å²) in [7, 11) is 0. The molecule has 0 aliphatic carbocycles. The first-order valence-electron chi connectivity index (χ1n) is 10.7. The van der Waals surface area contributed by atoms with Gasteiger partial charge in [-0.15, -0.1) is 0 Å². The average molecular weight is 469 g/mol. The number of hydrogen-bond acceptors (Lipinski definition) is 2. The SMILES string of the molecule is CCCCCCCCCCN(CCCCCCCCCC)C(=S)[S-].[Mo]. The topological polar surface area (TPSA) is 3.24 Å². The van der Waals surface area contributed by atoms with Crippen LogP contribution >= 0.6 is 12.2 Å². The molecule has 0 aromatic heterocycles. The Labute approximate surface area is 184 Å². The van der Waals surface area contributed by atoms with Gasteiger partial charge in [-0.05, 0) is 12.8 Å². The van der Waals surface area contributed by atoms with Gasteiger partial charge in [0.05, 0.1) is 0 Å². The number of unbranched alkanes of at least 4 members (excludes halogenated alkanes) is 14. The van der Waals surface area contributed by atoms with Crippen molar-refractivity contribution in [2.75, 3.05) is 13.1 Å². The van der Waals surface area contributed by atoms with Crippen LogP contribution in [0.1, 0.15) is 117 Å². The standard InChI is InChI=1S/C21H43NS2.Mo/c1-3-5-7-9-11-13-15-17-19-22(21(23)24)20-18-16-14-12-10-8-6-4-2;/h3-20H2,1-2H3,(H,23,24);/p-1. The minimum Gasteiger partial charge on any atom is -0.411 e. The summed E-state index contributed by atoms with van der Waals surface area (Å²) in [6.45, 7) is 6.71. The Bertz CT molecular complexity index is 255. The number of nitrogens with zero attached hydrogens (tertiary/aromatic N) is 1. The molecule has 0 heterocycles. The van der Waals surface area contributed by atoms with Crippen molar-refractivity contribution in [3.8, 4) is 0 Å². The second-order valence-electron chi connectivity index (χ2n) is 7.20. The third-order valence-corrected chi connectivity index (χ3v) is 5.34. The monoisotopic (exact) mass is 470 g/mol. The van der Waals surface area contributed by atoms with Gasteiger partial charge in [0.1, 0.15) is 0 Å². The molecule has 0 spiro atoms. The van der Waals surface area contributed by atoms with Gasteiger partial charge < -0.3 is 29.7 Å². The van der Waals surface area contributed by atoms with Crippen LogP contribution in [0.2, 0.25) is 0 Å². The fraction of sp³-hybridized carbons (Fsp3) is 0.952. The predicted molar refractivity (Wildman–Crippen MR) is 117 cm³/mol. The van der Waals surface area contributed by atoms with Crippen LogP contribution in [0.4, 0.5) is 0 Å². The quantitative estimate of drug-likeness (QED) is 0.0893. The third-order valence-electron chi connectivity index (χ3n) is 4.82. The number of thiocarbonyl (C=S) groups is 1. The molecule has 0 aromatic carbocycles. The summed E-state index contributed by atoms with van der Waals surface area (Å²) in [6, 6.07) is 0. The summed E-state index contributed by atoms with van der Waals surface area (Å²) >= 11 is 10.5. The summed E-state index contributed by atoms with van der Waals surface area (Å²) in [4.78, 5) is 2.26. The summed E-state index contributed by atoms with van der Waals surface area (Å²) in [5.41, 5.74) is 0. The third kappa shape index (κ3) is 21.0. The zero-order valence-corrected chi connectivity index (χ0v) is 20.5. The fourth-order valence-electron chi connectivity index (χ4n) is 3.17. The molecule has 0 saturated heterocycles. The van der Waals surface area contributed by atoms with Crippen molar-refractivity contribution in [2.24, 2.45) is 0 Å². The molecule has 0 radical (unpaired) electrons. The Morgan fingerprint density at radius 2 is 0.880 bits per heavy atom. The number of rotatable bonds is 18. The summed E-state index contributed by atoms with van der Waals surface area (Å²) in [5, 5.41) is 0. The maximum absolute atomic E-state index is 5.25. The van der Waals surface area contributed by atoms with Gasteiger partial charge >= 0.3 is 0 Å². The summed E-state index contributed by atoms with van der Waals surface area (Å²) in [5.74, 6) is 0. The minimum absolute atomic E-state index is 0. The van der Waals surface area contributed by atoms with Gasteiger partial charge in [-0.3, -0.25) is 0 Å². The Hall–Kier alpha value is 0.798. The largest absolute Gasteiger partial charge is 0.411 e. The van der Waals surface area contributed by atoms with E-state index in [2.05, 4.69) is 18.7 Å². The van der Waals surface area contributed by atoms with Crippen molar-refractivity contribution in [3.63, 3.8) is 0 Å². The van der Waals surface area contributed by atoms with Crippen LogP contribution in [0.25, 0.3) is 0 Å². The van der Waals surface area contributed by atoms with E-state index in [0.29, 0.717) is 4.32 Å². The van der Waals surface area contributed by atoms with Crippen molar-refractivity contribution in [2.45, 2.75) is 117 Å². The molecule has 25 heavy (non-hydrogen) atoms. The predicted octanol–water partition coefficient (Wildman–Crippen LogP) is 7.40. The first kappa shape index (κ1) is 28.0. The van der Waals surface area contributed by atoms with Crippen molar-refractivity contribution < 1.29 is 21.1 Å². The zero-order chi connectivity index (χ0) is 17.9. The van der Waals surface area contributed by atoms with E-state index in [1.165, 1.54) is 103 Å². The summed E-state index contributed by atoms with van der Waals surface area (Å²) in [6.07, 6.45) is 21.8. The Morgan fingerprint density at radius 1 is 0.600 bits per heavy atom. The maximum Gasteiger partial charge on any atom is 0.0162 e. The number of hydrogen-bond donors (Lipinski definition) is 0. The van der Waals surface area contributed by atoms with E-state index in [0.717, 1.165) is 13.1 Å². The van der Waals surface area contributed by atoms with Gasteiger partial charge in [0.25, 0.3) is 0 Å². The van der Waals surface area contributed by atoms with E-state index in [9.17, 15) is 0 Å². The van der Waals surface area contributed by atoms with Crippen LogP contribution < -0.4 is 0 Å². The van der Waals surface area contributed by atoms with Crippen LogP contribution in [0, 0.1) is 0 Å². The van der Waals surface area contributed by atoms with E-state index >= 15 is 0 Å². The van der Waals surface area contributed by atoms with Gasteiger partial charge in [0, 0.05) is 34.2 Å². The van der Waals surface area contributed by atoms with Crippen LogP contribution in [-0.2, 0) is 33.7 Å². The first-order valence-corrected chi connectivity index (χ1v) is 11.5. The van der Waals surface area contributed by atoms with Gasteiger partial charge in [-0.25, -0.2) is 0 Å². The molecule has 1 nitrogen and oxygen atoms in total. The van der Waals surface area contributed by atoms with E-state index in [1.807, 2.05) is 0 Å². The van der Waals surface area contributed by atoms with Gasteiger partial charge in [0.15, 0.2) is 0 Å². The smallest absolute Gasteiger partial charge is 0.0162 e. The zero-order valence-electron chi connectivity index (χ0n) is 16.9. The van der Waals surface area contributed by atoms with Gasteiger partial charge in [0.2, 0.25) is 0 Å². The second-order valence-corrected chi connectivity index (χ2v) is 8.23. The van der Waals surface area contributed by atoms with E-state index < -0.39 is 0 Å². The molecule has 0 bridgehead atoms. The van der Waals surface area contributed by atoms with Crippen LogP contribution in [-0.4, -0.2) is 22.3 Å².